The summed E-state index contributed by atoms with van der Waals surface area (Å²) in [5.41, 5.74) is 3.03. The molecule has 0 aromatic heterocycles. The standard InChI is InChI=1S/C23H24FNO/c24-22-14-8-7-9-19(22)15-16-25-17-18-26-23(20-10-3-1-4-11-20)21-12-5-2-6-13-21/h1-14,23,25H,15-18H2. The average molecular weight is 349 g/mol. The van der Waals surface area contributed by atoms with Crippen LogP contribution >= 0.6 is 0 Å². The quantitative estimate of drug-likeness (QED) is 0.562. The van der Waals surface area contributed by atoms with Gasteiger partial charge in [0.1, 0.15) is 11.9 Å². The van der Waals surface area contributed by atoms with Gasteiger partial charge in [0, 0.05) is 6.54 Å². The highest BCUT2D eigenvalue weighted by atomic mass is 19.1. The Labute approximate surface area is 154 Å². The molecule has 0 amide bonds. The zero-order valence-corrected chi connectivity index (χ0v) is 14.8. The third kappa shape index (κ3) is 5.25. The van der Waals surface area contributed by atoms with E-state index in [-0.39, 0.29) is 11.9 Å². The van der Waals surface area contributed by atoms with Crippen molar-refractivity contribution in [1.82, 2.24) is 5.32 Å². The molecule has 3 aromatic rings. The van der Waals surface area contributed by atoms with Crippen molar-refractivity contribution in [3.05, 3.63) is 107 Å². The SMILES string of the molecule is Fc1ccccc1CCNCCOC(c1ccccc1)c1ccccc1. The molecule has 134 valence electrons. The van der Waals surface area contributed by atoms with Gasteiger partial charge in [0.15, 0.2) is 0 Å². The van der Waals surface area contributed by atoms with Crippen LogP contribution in [0.5, 0.6) is 0 Å². The van der Waals surface area contributed by atoms with Crippen LogP contribution in [0.4, 0.5) is 4.39 Å². The molecule has 0 saturated heterocycles. The van der Waals surface area contributed by atoms with Crippen molar-refractivity contribution in [2.24, 2.45) is 0 Å². The maximum absolute atomic E-state index is 13.6. The molecule has 1 N–H and O–H groups in total. The van der Waals surface area contributed by atoms with Gasteiger partial charge in [-0.3, -0.25) is 0 Å². The zero-order valence-electron chi connectivity index (χ0n) is 14.8. The molecule has 0 aliphatic heterocycles. The highest BCUT2D eigenvalue weighted by Gasteiger charge is 2.13. The summed E-state index contributed by atoms with van der Waals surface area (Å²) in [6, 6.07) is 27.4. The lowest BCUT2D eigenvalue weighted by Gasteiger charge is -2.19. The molecule has 0 atom stereocenters. The summed E-state index contributed by atoms with van der Waals surface area (Å²) >= 11 is 0. The van der Waals surface area contributed by atoms with E-state index in [0.717, 1.165) is 29.8 Å². The molecule has 0 radical (unpaired) electrons. The van der Waals surface area contributed by atoms with E-state index in [4.69, 9.17) is 4.74 Å². The van der Waals surface area contributed by atoms with Gasteiger partial charge in [0.25, 0.3) is 0 Å². The van der Waals surface area contributed by atoms with Gasteiger partial charge in [-0.05, 0) is 35.7 Å². The van der Waals surface area contributed by atoms with Crippen LogP contribution in [0, 0.1) is 5.82 Å². The van der Waals surface area contributed by atoms with Crippen molar-refractivity contribution in [2.45, 2.75) is 12.5 Å². The number of ether oxygens (including phenoxy) is 1. The smallest absolute Gasteiger partial charge is 0.126 e. The van der Waals surface area contributed by atoms with Gasteiger partial charge in [0.2, 0.25) is 0 Å². The lowest BCUT2D eigenvalue weighted by atomic mass is 10.0. The summed E-state index contributed by atoms with van der Waals surface area (Å²) in [5, 5.41) is 3.33. The Hall–Kier alpha value is -2.49. The maximum Gasteiger partial charge on any atom is 0.126 e. The molecule has 0 heterocycles. The number of hydrogen-bond acceptors (Lipinski definition) is 2. The fourth-order valence-electron chi connectivity index (χ4n) is 2.94. The summed E-state index contributed by atoms with van der Waals surface area (Å²) < 4.78 is 19.7. The summed E-state index contributed by atoms with van der Waals surface area (Å²) in [4.78, 5) is 0. The molecule has 0 aliphatic rings. The molecule has 0 fully saturated rings. The number of benzene rings is 3. The van der Waals surface area contributed by atoms with E-state index in [2.05, 4.69) is 29.6 Å². The Balaban J connectivity index is 1.49. The van der Waals surface area contributed by atoms with E-state index in [1.54, 1.807) is 6.07 Å². The maximum atomic E-state index is 13.6. The third-order valence-electron chi connectivity index (χ3n) is 4.30. The molecule has 0 aliphatic carbocycles. The molecule has 0 saturated carbocycles. The van der Waals surface area contributed by atoms with Crippen molar-refractivity contribution in [2.75, 3.05) is 19.7 Å². The number of halogens is 1. The van der Waals surface area contributed by atoms with Crippen molar-refractivity contribution in [3.63, 3.8) is 0 Å². The van der Waals surface area contributed by atoms with Crippen LogP contribution < -0.4 is 5.32 Å². The largest absolute Gasteiger partial charge is 0.367 e. The van der Waals surface area contributed by atoms with E-state index in [1.165, 1.54) is 6.07 Å². The predicted octanol–water partition coefficient (Wildman–Crippen LogP) is 4.76. The van der Waals surface area contributed by atoms with Gasteiger partial charge in [0.05, 0.1) is 6.61 Å². The molecule has 3 aromatic carbocycles. The van der Waals surface area contributed by atoms with Crippen molar-refractivity contribution < 1.29 is 9.13 Å². The Morgan fingerprint density at radius 2 is 1.31 bits per heavy atom. The zero-order chi connectivity index (χ0) is 18.0. The highest BCUT2D eigenvalue weighted by Crippen LogP contribution is 2.25. The number of rotatable bonds is 9. The lowest BCUT2D eigenvalue weighted by Crippen LogP contribution is -2.23. The first-order valence-corrected chi connectivity index (χ1v) is 9.00. The number of hydrogen-bond donors (Lipinski definition) is 1. The Bertz CT molecular complexity index is 737. The van der Waals surface area contributed by atoms with Crippen molar-refractivity contribution in [3.8, 4) is 0 Å². The van der Waals surface area contributed by atoms with Crippen LogP contribution in [0.15, 0.2) is 84.9 Å². The topological polar surface area (TPSA) is 21.3 Å². The van der Waals surface area contributed by atoms with E-state index in [0.29, 0.717) is 13.0 Å². The van der Waals surface area contributed by atoms with Crippen LogP contribution in [0.3, 0.4) is 0 Å². The normalized spacial score (nSPS) is 11.0. The van der Waals surface area contributed by atoms with E-state index >= 15 is 0 Å². The van der Waals surface area contributed by atoms with Gasteiger partial charge >= 0.3 is 0 Å². The van der Waals surface area contributed by atoms with Crippen LogP contribution in [0.2, 0.25) is 0 Å². The summed E-state index contributed by atoms with van der Waals surface area (Å²) in [6.45, 7) is 2.04. The molecular formula is C23H24FNO. The first-order chi connectivity index (χ1) is 12.8. The van der Waals surface area contributed by atoms with E-state index < -0.39 is 0 Å². The molecular weight excluding hydrogens is 325 g/mol. The highest BCUT2D eigenvalue weighted by molar-refractivity contribution is 5.29. The Kier molecular flexibility index (Phi) is 6.94. The average Bonchev–Trinajstić information content (AvgIpc) is 2.70. The third-order valence-corrected chi connectivity index (χ3v) is 4.30. The minimum Gasteiger partial charge on any atom is -0.367 e. The van der Waals surface area contributed by atoms with Gasteiger partial charge in [-0.1, -0.05) is 78.9 Å². The number of nitrogens with one attached hydrogen (secondary N) is 1. The predicted molar refractivity (Wildman–Crippen MR) is 104 cm³/mol. The van der Waals surface area contributed by atoms with Crippen LogP contribution in [0.1, 0.15) is 22.8 Å². The second kappa shape index (κ2) is 9.85. The monoisotopic (exact) mass is 349 g/mol. The fraction of sp³-hybridized carbons (Fsp3) is 0.217. The van der Waals surface area contributed by atoms with Gasteiger partial charge in [-0.2, -0.15) is 0 Å². The minimum absolute atomic E-state index is 0.0780. The second-order valence-corrected chi connectivity index (χ2v) is 6.16. The molecule has 3 rings (SSSR count). The van der Waals surface area contributed by atoms with Crippen molar-refractivity contribution in [1.29, 1.82) is 0 Å². The summed E-state index contributed by atoms with van der Waals surface area (Å²) in [5.74, 6) is -0.140. The molecule has 3 heteroatoms. The van der Waals surface area contributed by atoms with Gasteiger partial charge < -0.3 is 10.1 Å². The molecule has 0 unspecified atom stereocenters. The summed E-state index contributed by atoms with van der Waals surface area (Å²) in [6.07, 6.45) is 0.596. The molecule has 2 nitrogen and oxygen atoms in total. The molecule has 0 bridgehead atoms. The molecule has 0 spiro atoms. The second-order valence-electron chi connectivity index (χ2n) is 6.16. The van der Waals surface area contributed by atoms with Crippen LogP contribution in [-0.4, -0.2) is 19.7 Å². The van der Waals surface area contributed by atoms with E-state index in [1.807, 2.05) is 48.5 Å². The Morgan fingerprint density at radius 3 is 1.92 bits per heavy atom. The first-order valence-electron chi connectivity index (χ1n) is 9.00. The fourth-order valence-corrected chi connectivity index (χ4v) is 2.94. The van der Waals surface area contributed by atoms with Crippen molar-refractivity contribution >= 4 is 0 Å². The molecule has 26 heavy (non-hydrogen) atoms. The van der Waals surface area contributed by atoms with Crippen LogP contribution in [-0.2, 0) is 11.2 Å². The van der Waals surface area contributed by atoms with Gasteiger partial charge in [-0.15, -0.1) is 0 Å². The Morgan fingerprint density at radius 1 is 0.731 bits per heavy atom. The minimum atomic E-state index is -0.140. The van der Waals surface area contributed by atoms with Crippen LogP contribution in [0.25, 0.3) is 0 Å². The lowest BCUT2D eigenvalue weighted by molar-refractivity contribution is 0.0822. The van der Waals surface area contributed by atoms with Gasteiger partial charge in [-0.25, -0.2) is 4.39 Å². The first kappa shape index (κ1) is 18.3. The summed E-state index contributed by atoms with van der Waals surface area (Å²) in [7, 11) is 0. The van der Waals surface area contributed by atoms with E-state index in [9.17, 15) is 4.39 Å².